The second kappa shape index (κ2) is 4.48. The minimum atomic E-state index is -0.0616. The zero-order valence-electron chi connectivity index (χ0n) is 9.53. The van der Waals surface area contributed by atoms with Crippen molar-refractivity contribution in [3.63, 3.8) is 0 Å². The highest BCUT2D eigenvalue weighted by molar-refractivity contribution is 6.35. The lowest BCUT2D eigenvalue weighted by atomic mass is 9.98. The van der Waals surface area contributed by atoms with Crippen LogP contribution >= 0.6 is 11.6 Å². The molecule has 86 valence electrons. The molecule has 1 heterocycles. The molecule has 0 bridgehead atoms. The maximum absolute atomic E-state index is 6.13. The summed E-state index contributed by atoms with van der Waals surface area (Å²) in [6, 6.07) is 7.54. The third-order valence-electron chi connectivity index (χ3n) is 3.11. The standard InChI is InChI=1S/C13H16ClNO/c1-3-8(2)13(15)12-7-9-10(14)5-4-6-11(9)16-12/h4-8,13H,3,15H2,1-2H3/t8?,13-/m1/s1. The van der Waals surface area contributed by atoms with Crippen LogP contribution in [-0.4, -0.2) is 0 Å². The topological polar surface area (TPSA) is 39.2 Å². The Morgan fingerprint density at radius 3 is 2.81 bits per heavy atom. The average Bonchev–Trinajstić information content (AvgIpc) is 2.72. The second-order valence-corrected chi connectivity index (χ2v) is 4.62. The molecule has 0 radical (unpaired) electrons. The fourth-order valence-electron chi connectivity index (χ4n) is 1.74. The quantitative estimate of drug-likeness (QED) is 0.872. The number of hydrogen-bond acceptors (Lipinski definition) is 2. The van der Waals surface area contributed by atoms with Gasteiger partial charge in [0.15, 0.2) is 0 Å². The van der Waals surface area contributed by atoms with Gasteiger partial charge >= 0.3 is 0 Å². The first-order valence-corrected chi connectivity index (χ1v) is 5.94. The Morgan fingerprint density at radius 1 is 1.44 bits per heavy atom. The Balaban J connectivity index is 2.43. The maximum atomic E-state index is 6.13. The van der Waals surface area contributed by atoms with Crippen molar-refractivity contribution in [1.29, 1.82) is 0 Å². The molecular weight excluding hydrogens is 222 g/mol. The predicted molar refractivity (Wildman–Crippen MR) is 67.6 cm³/mol. The molecule has 1 aromatic heterocycles. The molecule has 1 aromatic carbocycles. The van der Waals surface area contributed by atoms with E-state index in [1.165, 1.54) is 0 Å². The van der Waals surface area contributed by atoms with Crippen LogP contribution in [0.2, 0.25) is 5.02 Å². The van der Waals surface area contributed by atoms with Crippen molar-refractivity contribution in [3.8, 4) is 0 Å². The van der Waals surface area contributed by atoms with Gasteiger partial charge in [-0.3, -0.25) is 0 Å². The maximum Gasteiger partial charge on any atom is 0.135 e. The van der Waals surface area contributed by atoms with E-state index in [-0.39, 0.29) is 6.04 Å². The van der Waals surface area contributed by atoms with Gasteiger partial charge in [0.25, 0.3) is 0 Å². The molecule has 2 atom stereocenters. The molecule has 0 spiro atoms. The molecule has 3 heteroatoms. The summed E-state index contributed by atoms with van der Waals surface area (Å²) < 4.78 is 5.72. The van der Waals surface area contributed by atoms with E-state index in [1.807, 2.05) is 24.3 Å². The zero-order valence-corrected chi connectivity index (χ0v) is 10.3. The molecule has 0 fully saturated rings. The predicted octanol–water partition coefficient (Wildman–Crippen LogP) is 4.13. The fraction of sp³-hybridized carbons (Fsp3) is 0.385. The SMILES string of the molecule is CCC(C)[C@@H](N)c1cc2c(Cl)cccc2o1. The van der Waals surface area contributed by atoms with E-state index < -0.39 is 0 Å². The van der Waals surface area contributed by atoms with Crippen molar-refractivity contribution in [2.45, 2.75) is 26.3 Å². The normalized spacial score (nSPS) is 15.2. The first-order chi connectivity index (χ1) is 7.63. The third kappa shape index (κ3) is 1.95. The fourth-order valence-corrected chi connectivity index (χ4v) is 1.96. The summed E-state index contributed by atoms with van der Waals surface area (Å²) >= 11 is 6.09. The van der Waals surface area contributed by atoms with Crippen LogP contribution in [-0.2, 0) is 0 Å². The van der Waals surface area contributed by atoms with Crippen LogP contribution in [0.3, 0.4) is 0 Å². The zero-order chi connectivity index (χ0) is 11.7. The van der Waals surface area contributed by atoms with Gasteiger partial charge in [0, 0.05) is 5.39 Å². The van der Waals surface area contributed by atoms with Crippen LogP contribution in [0.1, 0.15) is 32.1 Å². The number of nitrogens with two attached hydrogens (primary N) is 1. The van der Waals surface area contributed by atoms with Crippen molar-refractivity contribution in [2.24, 2.45) is 11.7 Å². The lowest BCUT2D eigenvalue weighted by molar-refractivity contribution is 0.388. The minimum absolute atomic E-state index is 0.0616. The summed E-state index contributed by atoms with van der Waals surface area (Å²) in [4.78, 5) is 0. The summed E-state index contributed by atoms with van der Waals surface area (Å²) in [5, 5.41) is 1.65. The highest BCUT2D eigenvalue weighted by Gasteiger charge is 2.18. The Morgan fingerprint density at radius 2 is 2.19 bits per heavy atom. The molecule has 2 aromatic rings. The lowest BCUT2D eigenvalue weighted by Crippen LogP contribution is -2.17. The smallest absolute Gasteiger partial charge is 0.135 e. The van der Waals surface area contributed by atoms with Crippen LogP contribution in [0, 0.1) is 5.92 Å². The van der Waals surface area contributed by atoms with Gasteiger partial charge in [0.05, 0.1) is 11.1 Å². The Labute approximate surface area is 100 Å². The molecule has 2 nitrogen and oxygen atoms in total. The van der Waals surface area contributed by atoms with Crippen LogP contribution < -0.4 is 5.73 Å². The number of hydrogen-bond donors (Lipinski definition) is 1. The van der Waals surface area contributed by atoms with Gasteiger partial charge < -0.3 is 10.2 Å². The van der Waals surface area contributed by atoms with E-state index in [0.717, 1.165) is 23.2 Å². The summed E-state index contributed by atoms with van der Waals surface area (Å²) in [7, 11) is 0. The van der Waals surface area contributed by atoms with Crippen molar-refractivity contribution < 1.29 is 4.42 Å². The van der Waals surface area contributed by atoms with Gasteiger partial charge in [0.1, 0.15) is 11.3 Å². The molecule has 0 aliphatic heterocycles. The van der Waals surface area contributed by atoms with E-state index in [1.54, 1.807) is 0 Å². The van der Waals surface area contributed by atoms with Crippen LogP contribution in [0.5, 0.6) is 0 Å². The minimum Gasteiger partial charge on any atom is -0.459 e. The summed E-state index contributed by atoms with van der Waals surface area (Å²) in [5.74, 6) is 1.22. The van der Waals surface area contributed by atoms with Crippen molar-refractivity contribution >= 4 is 22.6 Å². The van der Waals surface area contributed by atoms with Gasteiger partial charge in [-0.05, 0) is 24.1 Å². The molecule has 0 amide bonds. The molecule has 1 unspecified atom stereocenters. The van der Waals surface area contributed by atoms with Gasteiger partial charge in [-0.1, -0.05) is 37.9 Å². The Hall–Kier alpha value is -0.990. The molecule has 0 aliphatic carbocycles. The summed E-state index contributed by atoms with van der Waals surface area (Å²) in [6.45, 7) is 4.25. The van der Waals surface area contributed by atoms with Crippen molar-refractivity contribution in [2.75, 3.05) is 0 Å². The number of benzene rings is 1. The lowest BCUT2D eigenvalue weighted by Gasteiger charge is -2.15. The molecular formula is C13H16ClNO. The van der Waals surface area contributed by atoms with Crippen molar-refractivity contribution in [1.82, 2.24) is 0 Å². The van der Waals surface area contributed by atoms with Gasteiger partial charge in [-0.25, -0.2) is 0 Å². The van der Waals surface area contributed by atoms with E-state index in [0.29, 0.717) is 10.9 Å². The summed E-state index contributed by atoms with van der Waals surface area (Å²) in [5.41, 5.74) is 6.93. The number of rotatable bonds is 3. The summed E-state index contributed by atoms with van der Waals surface area (Å²) in [6.07, 6.45) is 1.03. The van der Waals surface area contributed by atoms with Gasteiger partial charge in [-0.2, -0.15) is 0 Å². The number of halogens is 1. The average molecular weight is 238 g/mol. The first-order valence-electron chi connectivity index (χ1n) is 5.57. The molecule has 2 rings (SSSR count). The molecule has 2 N–H and O–H groups in total. The van der Waals surface area contributed by atoms with E-state index >= 15 is 0 Å². The van der Waals surface area contributed by atoms with Crippen LogP contribution in [0.4, 0.5) is 0 Å². The van der Waals surface area contributed by atoms with Crippen LogP contribution in [0.25, 0.3) is 11.0 Å². The van der Waals surface area contributed by atoms with Crippen molar-refractivity contribution in [3.05, 3.63) is 35.0 Å². The van der Waals surface area contributed by atoms with Gasteiger partial charge in [0.2, 0.25) is 0 Å². The molecule has 0 saturated heterocycles. The monoisotopic (exact) mass is 237 g/mol. The van der Waals surface area contributed by atoms with Gasteiger partial charge in [-0.15, -0.1) is 0 Å². The Kier molecular flexibility index (Phi) is 3.22. The van der Waals surface area contributed by atoms with E-state index in [9.17, 15) is 0 Å². The van der Waals surface area contributed by atoms with Crippen LogP contribution in [0.15, 0.2) is 28.7 Å². The third-order valence-corrected chi connectivity index (χ3v) is 3.44. The number of fused-ring (bicyclic) bond motifs is 1. The first kappa shape index (κ1) is 11.5. The molecule has 0 aliphatic rings. The Bertz CT molecular complexity index is 492. The molecule has 0 saturated carbocycles. The second-order valence-electron chi connectivity index (χ2n) is 4.21. The molecule has 16 heavy (non-hydrogen) atoms. The number of furan rings is 1. The highest BCUT2D eigenvalue weighted by atomic mass is 35.5. The largest absolute Gasteiger partial charge is 0.459 e. The van der Waals surface area contributed by atoms with E-state index in [4.69, 9.17) is 21.8 Å². The van der Waals surface area contributed by atoms with E-state index in [2.05, 4.69) is 13.8 Å². The highest BCUT2D eigenvalue weighted by Crippen LogP contribution is 2.31.